The van der Waals surface area contributed by atoms with Gasteiger partial charge in [0.05, 0.1) is 12.3 Å². The molecule has 0 spiro atoms. The normalized spacial score (nSPS) is 13.0. The Morgan fingerprint density at radius 2 is 1.39 bits per heavy atom. The zero-order chi connectivity index (χ0) is 21.8. The van der Waals surface area contributed by atoms with Gasteiger partial charge in [-0.25, -0.2) is 4.79 Å². The molecule has 3 aromatic rings. The standard InChI is InChI=1S/C25H21NO5/c27-22(31-15-16-8-2-1-3-9-16)14-21(25(29)30)26-24(28)23-19-12-6-4-10-17(19)18-11-5-7-13-20(18)23/h1-13,21,23H,14-15H2,(H,26,28)(H,29,30)/t21-/m1/s1. The average Bonchev–Trinajstić information content (AvgIpc) is 3.12. The molecule has 0 saturated carbocycles. The number of ether oxygens (including phenoxy) is 1. The van der Waals surface area contributed by atoms with Gasteiger partial charge in [0, 0.05) is 0 Å². The van der Waals surface area contributed by atoms with Crippen LogP contribution in [0.25, 0.3) is 11.1 Å². The van der Waals surface area contributed by atoms with Crippen LogP contribution in [0, 0.1) is 0 Å². The smallest absolute Gasteiger partial charge is 0.326 e. The lowest BCUT2D eigenvalue weighted by atomic mass is 9.95. The first-order valence-corrected chi connectivity index (χ1v) is 9.95. The van der Waals surface area contributed by atoms with E-state index in [1.807, 2.05) is 66.7 Å². The van der Waals surface area contributed by atoms with Gasteiger partial charge in [-0.2, -0.15) is 0 Å². The monoisotopic (exact) mass is 415 g/mol. The fraction of sp³-hybridized carbons (Fsp3) is 0.160. The number of fused-ring (bicyclic) bond motifs is 3. The van der Waals surface area contributed by atoms with Crippen molar-refractivity contribution in [2.75, 3.05) is 0 Å². The Morgan fingerprint density at radius 1 is 0.839 bits per heavy atom. The van der Waals surface area contributed by atoms with E-state index in [0.29, 0.717) is 0 Å². The maximum Gasteiger partial charge on any atom is 0.326 e. The maximum absolute atomic E-state index is 13.1. The Hall–Kier alpha value is -3.93. The highest BCUT2D eigenvalue weighted by Gasteiger charge is 2.35. The Balaban J connectivity index is 1.47. The van der Waals surface area contributed by atoms with Crippen LogP contribution in [0.1, 0.15) is 29.0 Å². The number of aliphatic carboxylic acids is 1. The Labute approximate surface area is 179 Å². The summed E-state index contributed by atoms with van der Waals surface area (Å²) in [6.45, 7) is 0.0450. The molecule has 6 nitrogen and oxygen atoms in total. The highest BCUT2D eigenvalue weighted by atomic mass is 16.5. The minimum Gasteiger partial charge on any atom is -0.480 e. The molecule has 0 heterocycles. The molecule has 6 heteroatoms. The predicted molar refractivity (Wildman–Crippen MR) is 114 cm³/mol. The summed E-state index contributed by atoms with van der Waals surface area (Å²) in [4.78, 5) is 37.0. The van der Waals surface area contributed by atoms with Crippen molar-refractivity contribution < 1.29 is 24.2 Å². The van der Waals surface area contributed by atoms with Gasteiger partial charge in [0.1, 0.15) is 12.6 Å². The van der Waals surface area contributed by atoms with Gasteiger partial charge < -0.3 is 15.2 Å². The highest BCUT2D eigenvalue weighted by Crippen LogP contribution is 2.44. The van der Waals surface area contributed by atoms with Crippen molar-refractivity contribution in [3.63, 3.8) is 0 Å². The molecule has 1 amide bonds. The SMILES string of the molecule is O=C(C[C@@H](NC(=O)C1c2ccccc2-c2ccccc21)C(=O)O)OCc1ccccc1. The first kappa shape index (κ1) is 20.3. The molecule has 0 aromatic heterocycles. The van der Waals surface area contributed by atoms with Crippen LogP contribution in [0.5, 0.6) is 0 Å². The van der Waals surface area contributed by atoms with Gasteiger partial charge in [-0.05, 0) is 27.8 Å². The molecule has 31 heavy (non-hydrogen) atoms. The van der Waals surface area contributed by atoms with Crippen molar-refractivity contribution >= 4 is 17.8 Å². The van der Waals surface area contributed by atoms with Gasteiger partial charge in [-0.3, -0.25) is 9.59 Å². The Morgan fingerprint density at radius 3 is 1.97 bits per heavy atom. The maximum atomic E-state index is 13.1. The second-order valence-electron chi connectivity index (χ2n) is 7.36. The molecule has 1 aliphatic carbocycles. The molecule has 0 fully saturated rings. The van der Waals surface area contributed by atoms with E-state index in [4.69, 9.17) is 4.74 Å². The van der Waals surface area contributed by atoms with E-state index in [1.165, 1.54) is 0 Å². The summed E-state index contributed by atoms with van der Waals surface area (Å²) in [5, 5.41) is 12.1. The first-order chi connectivity index (χ1) is 15.0. The quantitative estimate of drug-likeness (QED) is 0.576. The number of benzene rings is 3. The first-order valence-electron chi connectivity index (χ1n) is 9.95. The Kier molecular flexibility index (Phi) is 5.80. The fourth-order valence-electron chi connectivity index (χ4n) is 3.86. The van der Waals surface area contributed by atoms with Gasteiger partial charge in [-0.1, -0.05) is 78.9 Å². The minimum atomic E-state index is -1.38. The molecular formula is C25H21NO5. The van der Waals surface area contributed by atoms with Crippen LogP contribution in [-0.4, -0.2) is 29.0 Å². The summed E-state index contributed by atoms with van der Waals surface area (Å²) < 4.78 is 5.17. The predicted octanol–water partition coefficient (Wildman–Crippen LogP) is 3.50. The van der Waals surface area contributed by atoms with Crippen LogP contribution in [0.4, 0.5) is 0 Å². The van der Waals surface area contributed by atoms with Crippen LogP contribution in [0.15, 0.2) is 78.9 Å². The van der Waals surface area contributed by atoms with Gasteiger partial charge in [-0.15, -0.1) is 0 Å². The molecule has 0 bridgehead atoms. The molecule has 1 atom stereocenters. The van der Waals surface area contributed by atoms with Crippen LogP contribution in [-0.2, 0) is 25.7 Å². The van der Waals surface area contributed by atoms with Gasteiger partial charge in [0.15, 0.2) is 0 Å². The number of nitrogens with one attached hydrogen (secondary N) is 1. The number of esters is 1. The van der Waals surface area contributed by atoms with Crippen LogP contribution < -0.4 is 5.32 Å². The number of hydrogen-bond donors (Lipinski definition) is 2. The lowest BCUT2D eigenvalue weighted by Crippen LogP contribution is -2.44. The third-order valence-corrected chi connectivity index (χ3v) is 5.32. The van der Waals surface area contributed by atoms with Crippen molar-refractivity contribution in [2.24, 2.45) is 0 Å². The summed E-state index contributed by atoms with van der Waals surface area (Å²) in [5.41, 5.74) is 4.33. The third-order valence-electron chi connectivity index (χ3n) is 5.32. The summed E-state index contributed by atoms with van der Waals surface area (Å²) in [7, 11) is 0. The lowest BCUT2D eigenvalue weighted by molar-refractivity contribution is -0.151. The Bertz CT molecular complexity index is 1080. The number of carbonyl (C=O) groups is 3. The van der Waals surface area contributed by atoms with Gasteiger partial charge in [0.25, 0.3) is 0 Å². The number of hydrogen-bond acceptors (Lipinski definition) is 4. The number of carbonyl (C=O) groups excluding carboxylic acids is 2. The molecule has 1 aliphatic rings. The fourth-order valence-corrected chi connectivity index (χ4v) is 3.86. The van der Waals surface area contributed by atoms with Crippen molar-refractivity contribution in [1.29, 1.82) is 0 Å². The molecule has 0 radical (unpaired) electrons. The van der Waals surface area contributed by atoms with Crippen molar-refractivity contribution in [1.82, 2.24) is 5.32 Å². The number of carboxylic acid groups (broad SMARTS) is 1. The molecule has 0 unspecified atom stereocenters. The molecular weight excluding hydrogens is 394 g/mol. The number of amides is 1. The van der Waals surface area contributed by atoms with Crippen molar-refractivity contribution in [3.8, 4) is 11.1 Å². The van der Waals surface area contributed by atoms with E-state index in [9.17, 15) is 19.5 Å². The zero-order valence-electron chi connectivity index (χ0n) is 16.7. The van der Waals surface area contributed by atoms with E-state index < -0.39 is 36.2 Å². The molecule has 3 aromatic carbocycles. The number of rotatable bonds is 7. The summed E-state index contributed by atoms with van der Waals surface area (Å²) in [5.74, 6) is -3.07. The zero-order valence-corrected chi connectivity index (χ0v) is 16.7. The second-order valence-corrected chi connectivity index (χ2v) is 7.36. The van der Waals surface area contributed by atoms with E-state index >= 15 is 0 Å². The van der Waals surface area contributed by atoms with Crippen LogP contribution in [0.2, 0.25) is 0 Å². The lowest BCUT2D eigenvalue weighted by Gasteiger charge is -2.18. The largest absolute Gasteiger partial charge is 0.480 e. The average molecular weight is 415 g/mol. The van der Waals surface area contributed by atoms with Crippen LogP contribution in [0.3, 0.4) is 0 Å². The van der Waals surface area contributed by atoms with Gasteiger partial charge in [0.2, 0.25) is 5.91 Å². The molecule has 4 rings (SSSR count). The molecule has 2 N–H and O–H groups in total. The summed E-state index contributed by atoms with van der Waals surface area (Å²) >= 11 is 0. The minimum absolute atomic E-state index is 0.0450. The third kappa shape index (κ3) is 4.33. The van der Waals surface area contributed by atoms with Crippen LogP contribution >= 0.6 is 0 Å². The highest BCUT2D eigenvalue weighted by molar-refractivity contribution is 5.98. The summed E-state index contributed by atoms with van der Waals surface area (Å²) in [6, 6.07) is 22.8. The van der Waals surface area contributed by atoms with E-state index in [2.05, 4.69) is 5.32 Å². The number of carboxylic acids is 1. The van der Waals surface area contributed by atoms with E-state index in [-0.39, 0.29) is 6.61 Å². The van der Waals surface area contributed by atoms with E-state index in [1.54, 1.807) is 12.1 Å². The van der Waals surface area contributed by atoms with E-state index in [0.717, 1.165) is 27.8 Å². The molecule has 0 aliphatic heterocycles. The van der Waals surface area contributed by atoms with Crippen molar-refractivity contribution in [2.45, 2.75) is 25.0 Å². The second kappa shape index (κ2) is 8.83. The summed E-state index contributed by atoms with van der Waals surface area (Å²) in [6.07, 6.45) is -0.454. The molecule has 0 saturated heterocycles. The molecule has 156 valence electrons. The topological polar surface area (TPSA) is 92.7 Å². The van der Waals surface area contributed by atoms with Gasteiger partial charge >= 0.3 is 11.9 Å². The van der Waals surface area contributed by atoms with Crippen molar-refractivity contribution in [3.05, 3.63) is 95.6 Å².